The van der Waals surface area contributed by atoms with Crippen LogP contribution in [0.4, 0.5) is 13.2 Å². The number of nitrogens with one attached hydrogen (secondary N) is 1. The minimum Gasteiger partial charge on any atom is -0.497 e. The topological polar surface area (TPSA) is 94.8 Å². The molecule has 6 rings (SSSR count). The molecule has 4 N–H and O–H groups in total. The number of methoxy groups -OCH3 is 1. The van der Waals surface area contributed by atoms with Gasteiger partial charge >= 0.3 is 6.18 Å². The Balaban J connectivity index is 1.41. The number of likely N-dealkylation sites (tertiary alicyclic amines) is 1. The molecule has 0 bridgehead atoms. The summed E-state index contributed by atoms with van der Waals surface area (Å²) in [6.07, 6.45) is -0.135. The Morgan fingerprint density at radius 3 is 2.54 bits per heavy atom. The van der Waals surface area contributed by atoms with Crippen LogP contribution in [0.1, 0.15) is 66.1 Å². The fraction of sp³-hybridized carbons (Fsp3) is 0.516. The third-order valence-corrected chi connectivity index (χ3v) is 9.59. The first-order valence-electron chi connectivity index (χ1n) is 14.4. The van der Waals surface area contributed by atoms with E-state index in [1.165, 1.54) is 6.07 Å². The van der Waals surface area contributed by atoms with E-state index in [1.54, 1.807) is 13.2 Å². The van der Waals surface area contributed by atoms with Crippen molar-refractivity contribution in [1.29, 1.82) is 0 Å². The van der Waals surface area contributed by atoms with E-state index in [0.717, 1.165) is 47.5 Å². The van der Waals surface area contributed by atoms with E-state index in [1.807, 2.05) is 28.0 Å². The number of halogens is 3. The number of amides is 1. The molecule has 7 nitrogen and oxygen atoms in total. The molecule has 1 atom stereocenters. The second kappa shape index (κ2) is 10.6. The van der Waals surface area contributed by atoms with Gasteiger partial charge in [-0.15, -0.1) is 0 Å². The summed E-state index contributed by atoms with van der Waals surface area (Å²) in [5.41, 5.74) is 7.95. The zero-order valence-electron chi connectivity index (χ0n) is 23.3. The van der Waals surface area contributed by atoms with Gasteiger partial charge in [0.05, 0.1) is 25.3 Å². The summed E-state index contributed by atoms with van der Waals surface area (Å²) in [4.78, 5) is 20.5. The minimum absolute atomic E-state index is 0.0212. The van der Waals surface area contributed by atoms with Crippen LogP contribution < -0.4 is 10.5 Å². The van der Waals surface area contributed by atoms with Gasteiger partial charge in [-0.05, 0) is 60.6 Å². The summed E-state index contributed by atoms with van der Waals surface area (Å²) < 4.78 is 47.9. The normalized spacial score (nSPS) is 21.2. The molecule has 2 fully saturated rings. The number of hydrogen-bond acceptors (Lipinski definition) is 5. The van der Waals surface area contributed by atoms with Gasteiger partial charge in [0.25, 0.3) is 0 Å². The van der Waals surface area contributed by atoms with Gasteiger partial charge < -0.3 is 25.5 Å². The lowest BCUT2D eigenvalue weighted by atomic mass is 9.68. The molecule has 41 heavy (non-hydrogen) atoms. The number of aromatic nitrogens is 1. The third-order valence-electron chi connectivity index (χ3n) is 9.59. The van der Waals surface area contributed by atoms with Crippen LogP contribution in [0, 0.1) is 5.92 Å². The standard InChI is InChI=1S/C31H37F3N4O3/c1-41-22-7-8-23-25(14-22)36-28-26(17-39)38(16-21-6-5-19(15-35)13-24(21)31(32,33)34)18-30(27(23)28)9-11-37(12-10-30)29(40)20-3-2-4-20/h5-8,13-14,20,26,36,39H,2-4,9-12,15-18,35H2,1H3. The summed E-state index contributed by atoms with van der Waals surface area (Å²) in [6.45, 7) is 1.48. The van der Waals surface area contributed by atoms with E-state index in [2.05, 4.69) is 4.98 Å². The van der Waals surface area contributed by atoms with Crippen molar-refractivity contribution < 1.29 is 27.8 Å². The molecule has 220 valence electrons. The monoisotopic (exact) mass is 570 g/mol. The number of nitrogens with zero attached hydrogens (tertiary/aromatic N) is 2. The molecule has 3 heterocycles. The number of nitrogens with two attached hydrogens (primary N) is 1. The summed E-state index contributed by atoms with van der Waals surface area (Å²) in [6, 6.07) is 9.62. The van der Waals surface area contributed by atoms with Crippen LogP contribution in [-0.4, -0.2) is 59.1 Å². The number of H-pyrrole nitrogens is 1. The molecule has 0 radical (unpaired) electrons. The van der Waals surface area contributed by atoms with Crippen LogP contribution in [0.5, 0.6) is 5.75 Å². The number of piperidine rings is 1. The lowest BCUT2D eigenvalue weighted by Gasteiger charge is -2.51. The predicted octanol–water partition coefficient (Wildman–Crippen LogP) is 4.86. The second-order valence-electron chi connectivity index (χ2n) is 11.9. The first kappa shape index (κ1) is 28.1. The lowest BCUT2D eigenvalue weighted by Crippen LogP contribution is -2.55. The van der Waals surface area contributed by atoms with Gasteiger partial charge in [0.1, 0.15) is 5.75 Å². The van der Waals surface area contributed by atoms with Crippen LogP contribution >= 0.6 is 0 Å². The van der Waals surface area contributed by atoms with Crippen LogP contribution in [0.2, 0.25) is 0 Å². The number of carbonyl (C=O) groups excluding carboxylic acids is 1. The molecule has 2 aromatic carbocycles. The van der Waals surface area contributed by atoms with Crippen molar-refractivity contribution in [2.24, 2.45) is 11.7 Å². The Morgan fingerprint density at radius 1 is 1.17 bits per heavy atom. The summed E-state index contributed by atoms with van der Waals surface area (Å²) in [7, 11) is 1.60. The molecule has 2 aliphatic heterocycles. The number of alkyl halides is 3. The lowest BCUT2D eigenvalue weighted by molar-refractivity contribution is -0.140. The Labute approximate surface area is 237 Å². The zero-order chi connectivity index (χ0) is 28.9. The van der Waals surface area contributed by atoms with E-state index in [4.69, 9.17) is 10.5 Å². The van der Waals surface area contributed by atoms with Crippen molar-refractivity contribution in [2.45, 2.75) is 62.8 Å². The molecule has 3 aliphatic rings. The summed E-state index contributed by atoms with van der Waals surface area (Å²) >= 11 is 0. The second-order valence-corrected chi connectivity index (χ2v) is 11.9. The number of rotatable bonds is 6. The summed E-state index contributed by atoms with van der Waals surface area (Å²) in [5, 5.41) is 11.7. The summed E-state index contributed by atoms with van der Waals surface area (Å²) in [5.74, 6) is 1.04. The van der Waals surface area contributed by atoms with Gasteiger partial charge in [-0.25, -0.2) is 0 Å². The molecular weight excluding hydrogens is 533 g/mol. The number of aliphatic hydroxyl groups excluding tert-OH is 1. The van der Waals surface area contributed by atoms with Crippen LogP contribution in [0.3, 0.4) is 0 Å². The quantitative estimate of drug-likeness (QED) is 0.394. The van der Waals surface area contributed by atoms with Crippen molar-refractivity contribution in [3.63, 3.8) is 0 Å². The molecule has 10 heteroatoms. The van der Waals surface area contributed by atoms with E-state index in [0.29, 0.717) is 43.8 Å². The number of fused-ring (bicyclic) bond motifs is 4. The van der Waals surface area contributed by atoms with Crippen LogP contribution in [0.15, 0.2) is 36.4 Å². The predicted molar refractivity (Wildman–Crippen MR) is 149 cm³/mol. The van der Waals surface area contributed by atoms with E-state index >= 15 is 0 Å². The smallest absolute Gasteiger partial charge is 0.416 e. The van der Waals surface area contributed by atoms with Crippen molar-refractivity contribution in [3.05, 3.63) is 64.3 Å². The Hall–Kier alpha value is -3.08. The van der Waals surface area contributed by atoms with E-state index in [-0.39, 0.29) is 42.5 Å². The van der Waals surface area contributed by atoms with Crippen molar-refractivity contribution in [3.8, 4) is 5.75 Å². The zero-order valence-corrected chi connectivity index (χ0v) is 23.3. The molecular formula is C31H37F3N4O3. The van der Waals surface area contributed by atoms with Gasteiger partial charge in [-0.2, -0.15) is 13.2 Å². The average molecular weight is 571 g/mol. The maximum Gasteiger partial charge on any atom is 0.416 e. The molecule has 1 unspecified atom stereocenters. The Kier molecular flexibility index (Phi) is 7.28. The highest BCUT2D eigenvalue weighted by molar-refractivity contribution is 5.88. The number of hydrogen-bond donors (Lipinski definition) is 3. The maximum atomic E-state index is 14.1. The Bertz CT molecular complexity index is 1440. The largest absolute Gasteiger partial charge is 0.497 e. The van der Waals surface area contributed by atoms with Gasteiger partial charge in [-0.1, -0.05) is 18.6 Å². The SMILES string of the molecule is COc1ccc2c3c([nH]c2c1)C(CO)N(Cc1ccc(CN)cc1C(F)(F)F)CC31CCN(C(=O)C2CCC2)CC1. The molecule has 1 saturated heterocycles. The highest BCUT2D eigenvalue weighted by Gasteiger charge is 2.48. The molecule has 1 aliphatic carbocycles. The highest BCUT2D eigenvalue weighted by Crippen LogP contribution is 2.50. The minimum atomic E-state index is -4.53. The van der Waals surface area contributed by atoms with Gasteiger partial charge in [0, 0.05) is 66.7 Å². The fourth-order valence-corrected chi connectivity index (χ4v) is 7.13. The fourth-order valence-electron chi connectivity index (χ4n) is 7.13. The average Bonchev–Trinajstić information content (AvgIpc) is 3.31. The highest BCUT2D eigenvalue weighted by atomic mass is 19.4. The number of benzene rings is 2. The van der Waals surface area contributed by atoms with E-state index in [9.17, 15) is 23.1 Å². The van der Waals surface area contributed by atoms with Crippen molar-refractivity contribution >= 4 is 16.8 Å². The number of aromatic amines is 1. The first-order chi connectivity index (χ1) is 19.7. The van der Waals surface area contributed by atoms with Gasteiger partial charge in [0.15, 0.2) is 0 Å². The van der Waals surface area contributed by atoms with E-state index < -0.39 is 17.8 Å². The van der Waals surface area contributed by atoms with Crippen molar-refractivity contribution in [1.82, 2.24) is 14.8 Å². The number of ether oxygens (including phenoxy) is 1. The van der Waals surface area contributed by atoms with Crippen molar-refractivity contribution in [2.75, 3.05) is 33.4 Å². The van der Waals surface area contributed by atoms with Gasteiger partial charge in [0.2, 0.25) is 5.91 Å². The van der Waals surface area contributed by atoms with Gasteiger partial charge in [-0.3, -0.25) is 9.69 Å². The first-order valence-corrected chi connectivity index (χ1v) is 14.4. The maximum absolute atomic E-state index is 14.1. The third kappa shape index (κ3) is 4.89. The molecule has 1 aromatic heterocycles. The molecule has 1 saturated carbocycles. The van der Waals surface area contributed by atoms with Crippen LogP contribution in [0.25, 0.3) is 10.9 Å². The van der Waals surface area contributed by atoms with Crippen LogP contribution in [-0.2, 0) is 29.5 Å². The number of aliphatic hydroxyl groups is 1. The molecule has 3 aromatic rings. The number of carbonyl (C=O) groups is 1. The Morgan fingerprint density at radius 2 is 1.93 bits per heavy atom. The molecule has 1 amide bonds. The molecule has 1 spiro atoms.